The van der Waals surface area contributed by atoms with Crippen LogP contribution in [0.5, 0.6) is 11.5 Å². The number of hydrogen-bond acceptors (Lipinski definition) is 6. The second-order valence-electron chi connectivity index (χ2n) is 7.43. The Hall–Kier alpha value is -3.12. The Balaban J connectivity index is 1.59. The van der Waals surface area contributed by atoms with E-state index in [2.05, 4.69) is 38.9 Å². The molecule has 2 heterocycles. The van der Waals surface area contributed by atoms with Gasteiger partial charge in [-0.2, -0.15) is 0 Å². The molecule has 0 aliphatic heterocycles. The van der Waals surface area contributed by atoms with Gasteiger partial charge in [-0.3, -0.25) is 0 Å². The molecule has 4 aromatic rings. The summed E-state index contributed by atoms with van der Waals surface area (Å²) >= 11 is 1.64. The number of nitrogens with zero attached hydrogens (tertiary/aromatic N) is 2. The molecule has 2 aromatic carbocycles. The fourth-order valence-electron chi connectivity index (χ4n) is 4.11. The lowest BCUT2D eigenvalue weighted by molar-refractivity contribution is 0.395. The zero-order chi connectivity index (χ0) is 20.5. The van der Waals surface area contributed by atoms with Gasteiger partial charge in [-0.05, 0) is 54.5 Å². The van der Waals surface area contributed by atoms with Crippen LogP contribution in [0.4, 0.5) is 11.5 Å². The second kappa shape index (κ2) is 7.95. The van der Waals surface area contributed by atoms with E-state index >= 15 is 0 Å². The normalized spacial score (nSPS) is 13.1. The number of fused-ring (bicyclic) bond motifs is 2. The molecule has 0 saturated carbocycles. The fourth-order valence-corrected chi connectivity index (χ4v) is 5.03. The lowest BCUT2D eigenvalue weighted by Crippen LogP contribution is -2.02. The quantitative estimate of drug-likeness (QED) is 0.432. The molecule has 0 unspecified atom stereocenters. The van der Waals surface area contributed by atoms with Crippen molar-refractivity contribution in [3.63, 3.8) is 0 Å². The van der Waals surface area contributed by atoms with Crippen molar-refractivity contribution in [2.24, 2.45) is 0 Å². The highest BCUT2D eigenvalue weighted by molar-refractivity contribution is 7.17. The van der Waals surface area contributed by atoms with Gasteiger partial charge in [0.05, 0.1) is 25.3 Å². The topological polar surface area (TPSA) is 56.3 Å². The number of nitrogens with one attached hydrogen (secondary N) is 1. The maximum atomic E-state index is 5.55. The van der Waals surface area contributed by atoms with Gasteiger partial charge in [0.2, 0.25) is 0 Å². The Kier molecular flexibility index (Phi) is 5.01. The van der Waals surface area contributed by atoms with Crippen molar-refractivity contribution in [3.05, 3.63) is 59.2 Å². The minimum Gasteiger partial charge on any atom is -0.497 e. The van der Waals surface area contributed by atoms with Crippen LogP contribution >= 0.6 is 11.3 Å². The lowest BCUT2D eigenvalue weighted by Gasteiger charge is -2.17. The molecule has 0 saturated heterocycles. The Morgan fingerprint density at radius 1 is 0.933 bits per heavy atom. The van der Waals surface area contributed by atoms with E-state index in [4.69, 9.17) is 9.47 Å². The van der Waals surface area contributed by atoms with Crippen LogP contribution < -0.4 is 14.8 Å². The van der Waals surface area contributed by atoms with Crippen LogP contribution in [0.3, 0.4) is 0 Å². The molecular weight excluding hydrogens is 394 g/mol. The smallest absolute Gasteiger partial charge is 0.146 e. The lowest BCUT2D eigenvalue weighted by atomic mass is 9.89. The molecule has 0 bridgehead atoms. The molecule has 0 atom stereocenters. The first-order valence-electron chi connectivity index (χ1n) is 10.1. The third kappa shape index (κ3) is 3.37. The number of rotatable bonds is 5. The van der Waals surface area contributed by atoms with E-state index in [0.717, 1.165) is 33.9 Å². The van der Waals surface area contributed by atoms with Crippen molar-refractivity contribution in [1.29, 1.82) is 0 Å². The molecule has 152 valence electrons. The first-order valence-corrected chi connectivity index (χ1v) is 11.0. The Labute approximate surface area is 179 Å². The van der Waals surface area contributed by atoms with Crippen LogP contribution in [0.25, 0.3) is 21.3 Å². The number of benzene rings is 2. The van der Waals surface area contributed by atoms with E-state index in [-0.39, 0.29) is 0 Å². The molecule has 0 fully saturated rings. The van der Waals surface area contributed by atoms with Crippen LogP contribution in [0.1, 0.15) is 24.0 Å². The highest BCUT2D eigenvalue weighted by atomic mass is 32.1. The molecule has 5 nitrogen and oxygen atoms in total. The standard InChI is InChI=1S/C24H23N3O2S/c1-28-18-9-10-20(21(12-18)29-2)27-23-22-19(13-30-24(22)26-14-25-23)17-8-7-15-5-3-4-6-16(15)11-17/h7-14H,3-6H2,1-2H3,(H,25,26,27). The molecule has 1 N–H and O–H groups in total. The van der Waals surface area contributed by atoms with E-state index in [1.54, 1.807) is 31.9 Å². The summed E-state index contributed by atoms with van der Waals surface area (Å²) in [6.07, 6.45) is 6.52. The molecule has 6 heteroatoms. The molecule has 1 aliphatic carbocycles. The maximum Gasteiger partial charge on any atom is 0.146 e. The van der Waals surface area contributed by atoms with E-state index in [1.165, 1.54) is 41.5 Å². The fraction of sp³-hybridized carbons (Fsp3) is 0.250. The first-order chi connectivity index (χ1) is 14.8. The summed E-state index contributed by atoms with van der Waals surface area (Å²) in [6, 6.07) is 12.6. The number of hydrogen-bond donors (Lipinski definition) is 1. The molecule has 0 amide bonds. The zero-order valence-electron chi connectivity index (χ0n) is 17.1. The highest BCUT2D eigenvalue weighted by Crippen LogP contribution is 2.40. The van der Waals surface area contributed by atoms with Gasteiger partial charge in [-0.25, -0.2) is 9.97 Å². The minimum absolute atomic E-state index is 0.701. The number of methoxy groups -OCH3 is 2. The SMILES string of the molecule is COc1ccc(Nc2ncnc3scc(-c4ccc5c(c4)CCCC5)c23)c(OC)c1. The molecular formula is C24H23N3O2S. The summed E-state index contributed by atoms with van der Waals surface area (Å²) in [5, 5.41) is 6.67. The summed E-state index contributed by atoms with van der Waals surface area (Å²) in [5.74, 6) is 2.22. The average Bonchev–Trinajstić information content (AvgIpc) is 3.24. The van der Waals surface area contributed by atoms with Crippen LogP contribution in [0, 0.1) is 0 Å². The second-order valence-corrected chi connectivity index (χ2v) is 8.29. The summed E-state index contributed by atoms with van der Waals surface area (Å²) < 4.78 is 10.9. The highest BCUT2D eigenvalue weighted by Gasteiger charge is 2.17. The molecule has 5 rings (SSSR count). The predicted molar refractivity (Wildman–Crippen MR) is 122 cm³/mol. The van der Waals surface area contributed by atoms with Crippen LogP contribution in [-0.4, -0.2) is 24.2 Å². The summed E-state index contributed by atoms with van der Waals surface area (Å²) in [5.41, 5.74) is 6.18. The van der Waals surface area contributed by atoms with Gasteiger partial charge in [-0.15, -0.1) is 11.3 Å². The van der Waals surface area contributed by atoms with Gasteiger partial charge in [0.15, 0.2) is 0 Å². The van der Waals surface area contributed by atoms with Crippen LogP contribution in [-0.2, 0) is 12.8 Å². The largest absolute Gasteiger partial charge is 0.497 e. The van der Waals surface area contributed by atoms with Gasteiger partial charge in [0.1, 0.15) is 28.5 Å². The first kappa shape index (κ1) is 18.9. The number of aryl methyl sites for hydroxylation is 2. The molecule has 0 radical (unpaired) electrons. The third-order valence-electron chi connectivity index (χ3n) is 5.69. The van der Waals surface area contributed by atoms with Crippen molar-refractivity contribution in [2.75, 3.05) is 19.5 Å². The van der Waals surface area contributed by atoms with Gasteiger partial charge in [-0.1, -0.05) is 18.2 Å². The number of aromatic nitrogens is 2. The van der Waals surface area contributed by atoms with E-state index in [1.807, 2.05) is 18.2 Å². The van der Waals surface area contributed by atoms with Crippen LogP contribution in [0.15, 0.2) is 48.1 Å². The third-order valence-corrected chi connectivity index (χ3v) is 6.58. The van der Waals surface area contributed by atoms with Crippen molar-refractivity contribution >= 4 is 33.1 Å². The maximum absolute atomic E-state index is 5.55. The Morgan fingerprint density at radius 3 is 2.63 bits per heavy atom. The van der Waals surface area contributed by atoms with Crippen molar-refractivity contribution in [3.8, 4) is 22.6 Å². The number of anilines is 2. The monoisotopic (exact) mass is 417 g/mol. The van der Waals surface area contributed by atoms with Crippen LogP contribution in [0.2, 0.25) is 0 Å². The Morgan fingerprint density at radius 2 is 1.80 bits per heavy atom. The van der Waals surface area contributed by atoms with Gasteiger partial charge in [0, 0.05) is 17.0 Å². The zero-order valence-corrected chi connectivity index (χ0v) is 17.9. The van der Waals surface area contributed by atoms with Crippen molar-refractivity contribution in [2.45, 2.75) is 25.7 Å². The minimum atomic E-state index is 0.701. The number of thiophene rings is 1. The number of ether oxygens (including phenoxy) is 2. The summed E-state index contributed by atoms with van der Waals surface area (Å²) in [6.45, 7) is 0. The Bertz CT molecular complexity index is 1220. The van der Waals surface area contributed by atoms with Gasteiger partial charge in [0.25, 0.3) is 0 Å². The van der Waals surface area contributed by atoms with Crippen molar-refractivity contribution < 1.29 is 9.47 Å². The molecule has 1 aliphatic rings. The predicted octanol–water partition coefficient (Wildman–Crippen LogP) is 6.00. The van der Waals surface area contributed by atoms with E-state index < -0.39 is 0 Å². The van der Waals surface area contributed by atoms with Gasteiger partial charge >= 0.3 is 0 Å². The molecule has 0 spiro atoms. The van der Waals surface area contributed by atoms with E-state index in [9.17, 15) is 0 Å². The summed E-state index contributed by atoms with van der Waals surface area (Å²) in [4.78, 5) is 10.0. The van der Waals surface area contributed by atoms with Crippen molar-refractivity contribution in [1.82, 2.24) is 9.97 Å². The summed E-state index contributed by atoms with van der Waals surface area (Å²) in [7, 11) is 3.30. The van der Waals surface area contributed by atoms with E-state index in [0.29, 0.717) is 5.75 Å². The molecule has 2 aromatic heterocycles. The molecule has 30 heavy (non-hydrogen) atoms. The van der Waals surface area contributed by atoms with Gasteiger partial charge < -0.3 is 14.8 Å². The average molecular weight is 418 g/mol.